The first-order valence-electron chi connectivity index (χ1n) is 6.59. The van der Waals surface area contributed by atoms with E-state index >= 15 is 0 Å². The molecule has 0 aliphatic carbocycles. The van der Waals surface area contributed by atoms with Crippen molar-refractivity contribution in [2.75, 3.05) is 0 Å². The summed E-state index contributed by atoms with van der Waals surface area (Å²) in [6, 6.07) is 8.43. The molecule has 0 saturated carbocycles. The van der Waals surface area contributed by atoms with E-state index in [2.05, 4.69) is 0 Å². The molecule has 112 valence electrons. The zero-order valence-electron chi connectivity index (χ0n) is 12.5. The van der Waals surface area contributed by atoms with Crippen molar-refractivity contribution >= 4 is 28.5 Å². The zero-order valence-corrected chi connectivity index (χ0v) is 16.5. The Morgan fingerprint density at radius 3 is 2.52 bits per heavy atom. The van der Waals surface area contributed by atoms with Gasteiger partial charge in [0.2, 0.25) is 5.91 Å². The molecule has 3 rings (SSSR count). The Bertz CT molecular complexity index is 739. The number of amides is 1. The average Bonchev–Trinajstić information content (AvgIpc) is 2.82. The number of hydrogen-bond donors (Lipinski definition) is 1. The van der Waals surface area contributed by atoms with Gasteiger partial charge in [-0.15, -0.1) is 0 Å². The van der Waals surface area contributed by atoms with Gasteiger partial charge in [-0.1, -0.05) is 23.9 Å². The van der Waals surface area contributed by atoms with E-state index in [9.17, 15) is 19.8 Å². The van der Waals surface area contributed by atoms with Crippen LogP contribution in [0.15, 0.2) is 30.0 Å². The summed E-state index contributed by atoms with van der Waals surface area (Å²) in [5.74, 6) is -2.45. The van der Waals surface area contributed by atoms with Crippen LogP contribution in [0.5, 0.6) is 0 Å². The van der Waals surface area contributed by atoms with Crippen molar-refractivity contribution in [2.45, 2.75) is 18.4 Å². The van der Waals surface area contributed by atoms with Crippen LogP contribution in [0.1, 0.15) is 18.1 Å². The summed E-state index contributed by atoms with van der Waals surface area (Å²) >= 11 is 1.22. The number of carbonyl (C=O) groups is 2. The number of aliphatic hydroxyl groups excluding tert-OH is 1. The number of β-lactam (4-membered cyclic amide) rings is 1. The van der Waals surface area contributed by atoms with Gasteiger partial charge in [0.1, 0.15) is 5.37 Å². The number of thioether (sulfide) groups is 1. The molecule has 8 heteroatoms. The van der Waals surface area contributed by atoms with Crippen molar-refractivity contribution < 1.29 is 71.2 Å². The molecule has 1 amide bonds. The Kier molecular flexibility index (Phi) is 5.74. The van der Waals surface area contributed by atoms with Gasteiger partial charge in [0.05, 0.1) is 35.3 Å². The van der Waals surface area contributed by atoms with Gasteiger partial charge in [-0.3, -0.25) is 9.69 Å². The fourth-order valence-corrected chi connectivity index (χ4v) is 4.28. The van der Waals surface area contributed by atoms with E-state index < -0.39 is 29.3 Å². The smallest absolute Gasteiger partial charge is 0.543 e. The number of aliphatic hydroxyl groups is 1. The third-order valence-corrected chi connectivity index (χ3v) is 5.18. The van der Waals surface area contributed by atoms with E-state index in [0.29, 0.717) is 16.0 Å². The second-order valence-electron chi connectivity index (χ2n) is 5.14. The first-order valence-corrected chi connectivity index (χ1v) is 7.47. The van der Waals surface area contributed by atoms with E-state index in [0.717, 1.165) is 0 Å². The first-order chi connectivity index (χ1) is 10.5. The maximum atomic E-state index is 12.1. The van der Waals surface area contributed by atoms with Crippen molar-refractivity contribution in [3.63, 3.8) is 0 Å². The second kappa shape index (κ2) is 7.07. The minimum Gasteiger partial charge on any atom is -0.543 e. The van der Waals surface area contributed by atoms with Crippen LogP contribution in [-0.4, -0.2) is 33.4 Å². The van der Waals surface area contributed by atoms with Crippen molar-refractivity contribution in [1.82, 2.24) is 4.90 Å². The van der Waals surface area contributed by atoms with E-state index in [4.69, 9.17) is 5.26 Å². The van der Waals surface area contributed by atoms with Gasteiger partial charge in [-0.05, 0) is 24.6 Å². The molecule has 23 heavy (non-hydrogen) atoms. The predicted molar refractivity (Wildman–Crippen MR) is 76.5 cm³/mol. The maximum absolute atomic E-state index is 12.1. The molecule has 1 saturated heterocycles. The fraction of sp³-hybridized carbons (Fsp3) is 0.267. The Labute approximate surface area is 179 Å². The largest absolute Gasteiger partial charge is 1.00 e. The van der Waals surface area contributed by atoms with Crippen molar-refractivity contribution in [3.05, 3.63) is 41.1 Å². The van der Waals surface area contributed by atoms with Crippen LogP contribution in [0.2, 0.25) is 0 Å². The molecule has 0 radical (unpaired) electrons. The zero-order chi connectivity index (χ0) is 16.0. The first kappa shape index (κ1) is 18.7. The summed E-state index contributed by atoms with van der Waals surface area (Å²) in [5, 5.41) is 29.5. The Morgan fingerprint density at radius 2 is 2.04 bits per heavy atom. The number of nitriles is 1. The fourth-order valence-electron chi connectivity index (χ4n) is 2.67. The Balaban J connectivity index is 0.00000192. The predicted octanol–water partition coefficient (Wildman–Crippen LogP) is -3.11. The quantitative estimate of drug-likeness (QED) is 0.455. The molecule has 6 nitrogen and oxygen atoms in total. The van der Waals surface area contributed by atoms with Crippen molar-refractivity contribution in [2.24, 2.45) is 5.92 Å². The summed E-state index contributed by atoms with van der Waals surface area (Å²) in [4.78, 5) is 25.1. The molecule has 1 aromatic carbocycles. The van der Waals surface area contributed by atoms with E-state index in [-0.39, 0.29) is 57.1 Å². The van der Waals surface area contributed by atoms with Gasteiger partial charge in [-0.25, -0.2) is 0 Å². The van der Waals surface area contributed by atoms with Gasteiger partial charge in [0.15, 0.2) is 0 Å². The Hall–Kier alpha value is -0.664. The van der Waals surface area contributed by atoms with Gasteiger partial charge >= 0.3 is 51.4 Å². The SMILES string of the molecule is C[C@@H](O)[C@H]1C(=O)N2C(C(=O)[O-])=C(c3ccc(C#N)cc3)S[C@H]12.[K+]. The van der Waals surface area contributed by atoms with Crippen LogP contribution < -0.4 is 56.5 Å². The molecule has 0 bridgehead atoms. The minimum atomic E-state index is -1.42. The molecular weight excluding hydrogens is 343 g/mol. The number of aliphatic carboxylic acids is 1. The van der Waals surface area contributed by atoms with Crippen molar-refractivity contribution in [3.8, 4) is 6.07 Å². The van der Waals surface area contributed by atoms with Gasteiger partial charge < -0.3 is 15.0 Å². The van der Waals surface area contributed by atoms with Gasteiger partial charge in [0, 0.05) is 4.91 Å². The molecule has 2 heterocycles. The third kappa shape index (κ3) is 3.03. The molecule has 2 aliphatic rings. The number of carboxylic acids is 1. The topological polar surface area (TPSA) is 104 Å². The van der Waals surface area contributed by atoms with Crippen LogP contribution >= 0.6 is 11.8 Å². The average molecular weight is 354 g/mol. The summed E-state index contributed by atoms with van der Waals surface area (Å²) in [5.41, 5.74) is 0.903. The molecule has 1 fully saturated rings. The normalized spacial score (nSPS) is 23.5. The molecule has 0 aromatic heterocycles. The van der Waals surface area contributed by atoms with Crippen LogP contribution in [0.25, 0.3) is 4.91 Å². The summed E-state index contributed by atoms with van der Waals surface area (Å²) in [6.07, 6.45) is -0.843. The summed E-state index contributed by atoms with van der Waals surface area (Å²) in [6.45, 7) is 1.51. The number of benzene rings is 1. The van der Waals surface area contributed by atoms with E-state index in [1.54, 1.807) is 24.3 Å². The van der Waals surface area contributed by atoms with Gasteiger partial charge in [-0.2, -0.15) is 5.26 Å². The van der Waals surface area contributed by atoms with Crippen LogP contribution in [0, 0.1) is 17.2 Å². The summed E-state index contributed by atoms with van der Waals surface area (Å²) in [7, 11) is 0. The number of hydrogen-bond acceptors (Lipinski definition) is 6. The van der Waals surface area contributed by atoms with E-state index in [1.807, 2.05) is 6.07 Å². The van der Waals surface area contributed by atoms with Crippen molar-refractivity contribution in [1.29, 1.82) is 5.26 Å². The third-order valence-electron chi connectivity index (χ3n) is 3.77. The van der Waals surface area contributed by atoms with Crippen LogP contribution in [0.3, 0.4) is 0 Å². The summed E-state index contributed by atoms with van der Waals surface area (Å²) < 4.78 is 0. The number of carboxylic acid groups (broad SMARTS) is 1. The standard InChI is InChI=1S/C15H12N2O4S.K/c1-7(18)10-13(19)17-11(15(20)21)12(22-14(10)17)9-4-2-8(6-16)3-5-9;/h2-5,7,10,14,18H,1H3,(H,20,21);/q;+1/p-1/t7-,10+,14-;/m1./s1. The molecule has 0 unspecified atom stereocenters. The monoisotopic (exact) mass is 354 g/mol. The number of fused-ring (bicyclic) bond motifs is 1. The maximum Gasteiger partial charge on any atom is 1.00 e. The molecule has 1 aromatic rings. The number of carbonyl (C=O) groups excluding carboxylic acids is 2. The molecule has 2 aliphatic heterocycles. The van der Waals surface area contributed by atoms with Crippen LogP contribution in [-0.2, 0) is 9.59 Å². The molecule has 0 spiro atoms. The number of rotatable bonds is 3. The molecule has 1 N–H and O–H groups in total. The minimum absolute atomic E-state index is 0. The number of nitrogens with zero attached hydrogens (tertiary/aromatic N) is 2. The second-order valence-corrected chi connectivity index (χ2v) is 6.26. The Morgan fingerprint density at radius 1 is 1.43 bits per heavy atom. The van der Waals surface area contributed by atoms with Crippen LogP contribution in [0.4, 0.5) is 0 Å². The molecular formula is C15H11KN2O4S. The van der Waals surface area contributed by atoms with Gasteiger partial charge in [0.25, 0.3) is 0 Å². The van der Waals surface area contributed by atoms with E-state index in [1.165, 1.54) is 23.6 Å². The molecule has 3 atom stereocenters.